The fraction of sp³-hybridized carbons (Fsp3) is 0.300. The fourth-order valence-electron chi connectivity index (χ4n) is 3.06. The Morgan fingerprint density at radius 3 is 2.64 bits per heavy atom. The summed E-state index contributed by atoms with van der Waals surface area (Å²) in [4.78, 5) is 17.1. The van der Waals surface area contributed by atoms with E-state index in [2.05, 4.69) is 29.8 Å². The van der Waals surface area contributed by atoms with Gasteiger partial charge in [-0.2, -0.15) is 0 Å². The topological polar surface area (TPSA) is 56.1 Å². The van der Waals surface area contributed by atoms with Crippen LogP contribution in [-0.4, -0.2) is 29.1 Å². The maximum atomic E-state index is 12.4. The molecule has 0 unspecified atom stereocenters. The number of aromatic nitrogens is 2. The summed E-state index contributed by atoms with van der Waals surface area (Å²) in [7, 11) is 1.57. The number of benzene rings is 2. The van der Waals surface area contributed by atoms with E-state index in [-0.39, 0.29) is 5.91 Å². The molecule has 1 aromatic heterocycles. The number of amides is 1. The lowest BCUT2D eigenvalue weighted by Crippen LogP contribution is -2.27. The van der Waals surface area contributed by atoms with Crippen molar-refractivity contribution in [2.45, 2.75) is 26.3 Å². The van der Waals surface area contributed by atoms with Gasteiger partial charge in [0.15, 0.2) is 0 Å². The molecule has 5 heteroatoms. The number of rotatable bonds is 6. The molecule has 0 saturated carbocycles. The zero-order valence-electron chi connectivity index (χ0n) is 14.8. The summed E-state index contributed by atoms with van der Waals surface area (Å²) in [5.41, 5.74) is 2.66. The van der Waals surface area contributed by atoms with Crippen LogP contribution in [-0.2, 0) is 6.42 Å². The van der Waals surface area contributed by atoms with Gasteiger partial charge < -0.3 is 14.6 Å². The van der Waals surface area contributed by atoms with Crippen LogP contribution in [0.2, 0.25) is 0 Å². The molecule has 1 amide bonds. The Bertz CT molecular complexity index is 884. The van der Waals surface area contributed by atoms with Gasteiger partial charge in [0.25, 0.3) is 5.91 Å². The van der Waals surface area contributed by atoms with E-state index in [1.54, 1.807) is 19.2 Å². The first-order chi connectivity index (χ1) is 12.1. The van der Waals surface area contributed by atoms with Crippen LogP contribution in [0.5, 0.6) is 5.75 Å². The molecule has 5 nitrogen and oxygen atoms in total. The van der Waals surface area contributed by atoms with E-state index >= 15 is 0 Å². The number of nitrogens with one attached hydrogen (secondary N) is 1. The third-order valence-corrected chi connectivity index (χ3v) is 4.17. The number of carbonyl (C=O) groups is 1. The van der Waals surface area contributed by atoms with Gasteiger partial charge in [0.05, 0.1) is 23.7 Å². The van der Waals surface area contributed by atoms with E-state index in [1.165, 1.54) is 0 Å². The number of ether oxygens (including phenoxy) is 1. The van der Waals surface area contributed by atoms with Crippen molar-refractivity contribution in [3.05, 3.63) is 59.9 Å². The second-order valence-corrected chi connectivity index (χ2v) is 6.19. The number of fused-ring (bicyclic) bond motifs is 1. The molecule has 0 aliphatic carbocycles. The normalized spacial score (nSPS) is 11.0. The Labute approximate surface area is 147 Å². The molecule has 0 spiro atoms. The van der Waals surface area contributed by atoms with Crippen molar-refractivity contribution in [2.75, 3.05) is 13.7 Å². The molecule has 3 rings (SSSR count). The Hall–Kier alpha value is -2.82. The lowest BCUT2D eigenvalue weighted by atomic mass is 10.2. The monoisotopic (exact) mass is 337 g/mol. The van der Waals surface area contributed by atoms with E-state index in [4.69, 9.17) is 9.72 Å². The van der Waals surface area contributed by atoms with Gasteiger partial charge in [-0.15, -0.1) is 0 Å². The van der Waals surface area contributed by atoms with Crippen molar-refractivity contribution in [1.29, 1.82) is 0 Å². The van der Waals surface area contributed by atoms with Crippen LogP contribution in [0.3, 0.4) is 0 Å². The molecule has 1 heterocycles. The average molecular weight is 337 g/mol. The van der Waals surface area contributed by atoms with Crippen LogP contribution in [0.25, 0.3) is 11.0 Å². The van der Waals surface area contributed by atoms with Gasteiger partial charge in [-0.3, -0.25) is 4.79 Å². The van der Waals surface area contributed by atoms with Gasteiger partial charge in [0, 0.05) is 19.0 Å². The van der Waals surface area contributed by atoms with Crippen molar-refractivity contribution < 1.29 is 9.53 Å². The number of hydrogen-bond acceptors (Lipinski definition) is 3. The van der Waals surface area contributed by atoms with Crippen molar-refractivity contribution >= 4 is 16.9 Å². The Morgan fingerprint density at radius 1 is 1.16 bits per heavy atom. The minimum Gasteiger partial charge on any atom is -0.496 e. The van der Waals surface area contributed by atoms with Crippen LogP contribution in [0.1, 0.15) is 36.1 Å². The molecule has 130 valence electrons. The molecule has 0 atom stereocenters. The highest BCUT2D eigenvalue weighted by Crippen LogP contribution is 2.21. The van der Waals surface area contributed by atoms with E-state index < -0.39 is 0 Å². The SMILES string of the molecule is COc1ccccc1C(=O)NCCc1nc2ccccc2n1C(C)C. The maximum absolute atomic E-state index is 12.4. The van der Waals surface area contributed by atoms with E-state index in [9.17, 15) is 4.79 Å². The summed E-state index contributed by atoms with van der Waals surface area (Å²) < 4.78 is 7.47. The van der Waals surface area contributed by atoms with Crippen LogP contribution in [0.4, 0.5) is 0 Å². The molecule has 0 radical (unpaired) electrons. The van der Waals surface area contributed by atoms with E-state index in [0.29, 0.717) is 30.3 Å². The zero-order chi connectivity index (χ0) is 17.8. The summed E-state index contributed by atoms with van der Waals surface area (Å²) in [6.45, 7) is 4.81. The van der Waals surface area contributed by atoms with Crippen LogP contribution in [0, 0.1) is 0 Å². The second-order valence-electron chi connectivity index (χ2n) is 6.19. The molecular weight excluding hydrogens is 314 g/mol. The lowest BCUT2D eigenvalue weighted by molar-refractivity contribution is 0.0951. The first kappa shape index (κ1) is 17.0. The quantitative estimate of drug-likeness (QED) is 0.748. The first-order valence-corrected chi connectivity index (χ1v) is 8.49. The predicted octanol–water partition coefficient (Wildman–Crippen LogP) is 3.60. The van der Waals surface area contributed by atoms with Crippen LogP contribution < -0.4 is 10.1 Å². The summed E-state index contributed by atoms with van der Waals surface area (Å²) in [6, 6.07) is 15.7. The van der Waals surface area contributed by atoms with Crippen molar-refractivity contribution in [1.82, 2.24) is 14.9 Å². The molecular formula is C20H23N3O2. The number of carbonyl (C=O) groups excluding carboxylic acids is 1. The summed E-state index contributed by atoms with van der Waals surface area (Å²) in [6.07, 6.45) is 0.674. The predicted molar refractivity (Wildman–Crippen MR) is 99.1 cm³/mol. The zero-order valence-corrected chi connectivity index (χ0v) is 14.8. The second kappa shape index (κ2) is 7.38. The molecule has 0 aliphatic heterocycles. The lowest BCUT2D eigenvalue weighted by Gasteiger charge is -2.13. The molecule has 2 aromatic carbocycles. The minimum atomic E-state index is -0.135. The van der Waals surface area contributed by atoms with Crippen molar-refractivity contribution in [3.8, 4) is 5.75 Å². The molecule has 0 fully saturated rings. The Kier molecular flexibility index (Phi) is 5.03. The van der Waals surface area contributed by atoms with Crippen LogP contribution in [0.15, 0.2) is 48.5 Å². The average Bonchev–Trinajstić information content (AvgIpc) is 3.00. The summed E-state index contributed by atoms with van der Waals surface area (Å²) in [5, 5.41) is 2.96. The molecule has 25 heavy (non-hydrogen) atoms. The number of para-hydroxylation sites is 3. The summed E-state index contributed by atoms with van der Waals surface area (Å²) in [5.74, 6) is 1.43. The molecule has 3 aromatic rings. The molecule has 1 N–H and O–H groups in total. The van der Waals surface area contributed by atoms with Gasteiger partial charge in [0.2, 0.25) is 0 Å². The van der Waals surface area contributed by atoms with Gasteiger partial charge in [-0.05, 0) is 38.1 Å². The van der Waals surface area contributed by atoms with E-state index in [1.807, 2.05) is 30.3 Å². The smallest absolute Gasteiger partial charge is 0.255 e. The summed E-state index contributed by atoms with van der Waals surface area (Å²) >= 11 is 0. The number of imidazole rings is 1. The van der Waals surface area contributed by atoms with Gasteiger partial charge in [0.1, 0.15) is 11.6 Å². The first-order valence-electron chi connectivity index (χ1n) is 8.49. The van der Waals surface area contributed by atoms with Gasteiger partial charge in [-0.1, -0.05) is 24.3 Å². The van der Waals surface area contributed by atoms with Crippen molar-refractivity contribution in [2.24, 2.45) is 0 Å². The van der Waals surface area contributed by atoms with Gasteiger partial charge >= 0.3 is 0 Å². The number of hydrogen-bond donors (Lipinski definition) is 1. The molecule has 0 saturated heterocycles. The third-order valence-electron chi connectivity index (χ3n) is 4.17. The van der Waals surface area contributed by atoms with E-state index in [0.717, 1.165) is 16.9 Å². The highest BCUT2D eigenvalue weighted by atomic mass is 16.5. The third kappa shape index (κ3) is 3.50. The van der Waals surface area contributed by atoms with Crippen molar-refractivity contribution in [3.63, 3.8) is 0 Å². The fourth-order valence-corrected chi connectivity index (χ4v) is 3.06. The molecule has 0 bridgehead atoms. The molecule has 0 aliphatic rings. The van der Waals surface area contributed by atoms with Gasteiger partial charge in [-0.25, -0.2) is 4.98 Å². The standard InChI is InChI=1S/C20H23N3O2/c1-14(2)23-17-10-6-5-9-16(17)22-19(23)12-13-21-20(24)15-8-4-7-11-18(15)25-3/h4-11,14H,12-13H2,1-3H3,(H,21,24). The number of nitrogens with zero attached hydrogens (tertiary/aromatic N) is 2. The minimum absolute atomic E-state index is 0.135. The largest absolute Gasteiger partial charge is 0.496 e. The maximum Gasteiger partial charge on any atom is 0.255 e. The van der Waals surface area contributed by atoms with Crippen LogP contribution >= 0.6 is 0 Å². The highest BCUT2D eigenvalue weighted by molar-refractivity contribution is 5.96. The number of methoxy groups -OCH3 is 1. The highest BCUT2D eigenvalue weighted by Gasteiger charge is 2.14. The Morgan fingerprint density at radius 2 is 1.88 bits per heavy atom. The Balaban J connectivity index is 1.73.